The maximum absolute atomic E-state index is 12.6. The van der Waals surface area contributed by atoms with E-state index in [1.807, 2.05) is 0 Å². The number of ether oxygens (including phenoxy) is 2. The van der Waals surface area contributed by atoms with Gasteiger partial charge in [-0.3, -0.25) is 9.59 Å². The largest absolute Gasteiger partial charge is 0.497 e. The number of oxime groups is 1. The highest BCUT2D eigenvalue weighted by molar-refractivity contribution is 6.46. The first-order valence-electron chi connectivity index (χ1n) is 7.01. The molecule has 1 saturated heterocycles. The second-order valence-electron chi connectivity index (χ2n) is 4.91. The molecular weight excluding hydrogens is 304 g/mol. The SMILES string of the molecule is CCOC(=O)C1=NO[C@@H]2C(=O)N(c3ccc(OC)cc3)C(=O)[C@H]12. The summed E-state index contributed by atoms with van der Waals surface area (Å²) >= 11 is 0. The molecule has 0 aliphatic carbocycles. The maximum Gasteiger partial charge on any atom is 0.357 e. The Labute approximate surface area is 131 Å². The number of fused-ring (bicyclic) bond motifs is 1. The Balaban J connectivity index is 1.88. The van der Waals surface area contributed by atoms with Gasteiger partial charge in [0.2, 0.25) is 12.0 Å². The molecule has 2 aliphatic rings. The predicted octanol–water partition coefficient (Wildman–Crippen LogP) is 0.502. The third-order valence-electron chi connectivity index (χ3n) is 3.63. The van der Waals surface area contributed by atoms with Crippen LogP contribution in [0.2, 0.25) is 0 Å². The van der Waals surface area contributed by atoms with E-state index in [1.165, 1.54) is 7.11 Å². The summed E-state index contributed by atoms with van der Waals surface area (Å²) in [6.45, 7) is 1.77. The molecule has 8 nitrogen and oxygen atoms in total. The van der Waals surface area contributed by atoms with E-state index in [0.29, 0.717) is 11.4 Å². The van der Waals surface area contributed by atoms with Gasteiger partial charge in [-0.1, -0.05) is 5.16 Å². The van der Waals surface area contributed by atoms with Crippen LogP contribution in [0.3, 0.4) is 0 Å². The fourth-order valence-electron chi connectivity index (χ4n) is 2.54. The number of rotatable bonds is 4. The fraction of sp³-hybridized carbons (Fsp3) is 0.333. The number of imide groups is 1. The predicted molar refractivity (Wildman–Crippen MR) is 77.9 cm³/mol. The zero-order chi connectivity index (χ0) is 16.6. The van der Waals surface area contributed by atoms with Gasteiger partial charge in [0.15, 0.2) is 5.71 Å². The van der Waals surface area contributed by atoms with E-state index in [2.05, 4.69) is 5.16 Å². The molecule has 2 atom stereocenters. The zero-order valence-electron chi connectivity index (χ0n) is 12.5. The van der Waals surface area contributed by atoms with Crippen LogP contribution in [0.5, 0.6) is 5.75 Å². The minimum Gasteiger partial charge on any atom is -0.497 e. The van der Waals surface area contributed by atoms with Gasteiger partial charge in [0.25, 0.3) is 5.91 Å². The highest BCUT2D eigenvalue weighted by Crippen LogP contribution is 2.34. The van der Waals surface area contributed by atoms with Gasteiger partial charge in [0.05, 0.1) is 19.4 Å². The van der Waals surface area contributed by atoms with Crippen molar-refractivity contribution in [3.8, 4) is 5.75 Å². The summed E-state index contributed by atoms with van der Waals surface area (Å²) in [4.78, 5) is 42.8. The molecule has 23 heavy (non-hydrogen) atoms. The van der Waals surface area contributed by atoms with Crippen LogP contribution in [0, 0.1) is 5.92 Å². The van der Waals surface area contributed by atoms with Crippen molar-refractivity contribution in [3.05, 3.63) is 24.3 Å². The first-order valence-corrected chi connectivity index (χ1v) is 7.01. The minimum atomic E-state index is -1.12. The Hall–Kier alpha value is -2.90. The van der Waals surface area contributed by atoms with Gasteiger partial charge in [-0.05, 0) is 31.2 Å². The molecule has 2 amide bonds. The molecule has 1 aromatic carbocycles. The molecule has 0 spiro atoms. The van der Waals surface area contributed by atoms with Crippen LogP contribution < -0.4 is 9.64 Å². The van der Waals surface area contributed by atoms with E-state index >= 15 is 0 Å². The molecule has 0 unspecified atom stereocenters. The minimum absolute atomic E-state index is 0.138. The number of hydrogen-bond donors (Lipinski definition) is 0. The van der Waals surface area contributed by atoms with E-state index < -0.39 is 29.8 Å². The molecule has 1 aromatic rings. The first kappa shape index (κ1) is 15.0. The van der Waals surface area contributed by atoms with E-state index in [1.54, 1.807) is 31.2 Å². The topological polar surface area (TPSA) is 94.5 Å². The molecule has 0 bridgehead atoms. The van der Waals surface area contributed by atoms with Crippen molar-refractivity contribution in [1.82, 2.24) is 0 Å². The molecule has 120 valence electrons. The summed E-state index contributed by atoms with van der Waals surface area (Å²) in [6, 6.07) is 6.42. The highest BCUT2D eigenvalue weighted by Gasteiger charge is 2.58. The van der Waals surface area contributed by atoms with Crippen molar-refractivity contribution in [2.45, 2.75) is 13.0 Å². The number of carbonyl (C=O) groups excluding carboxylic acids is 3. The van der Waals surface area contributed by atoms with Gasteiger partial charge in [0, 0.05) is 0 Å². The molecular formula is C15H14N2O6. The third kappa shape index (κ3) is 2.32. The van der Waals surface area contributed by atoms with Crippen molar-refractivity contribution < 1.29 is 28.7 Å². The van der Waals surface area contributed by atoms with Gasteiger partial charge >= 0.3 is 5.97 Å². The number of carbonyl (C=O) groups is 3. The van der Waals surface area contributed by atoms with E-state index in [9.17, 15) is 14.4 Å². The number of methoxy groups -OCH3 is 1. The Morgan fingerprint density at radius 1 is 1.26 bits per heavy atom. The Morgan fingerprint density at radius 2 is 1.96 bits per heavy atom. The van der Waals surface area contributed by atoms with Gasteiger partial charge in [-0.2, -0.15) is 0 Å². The summed E-state index contributed by atoms with van der Waals surface area (Å²) in [6.07, 6.45) is -1.12. The third-order valence-corrected chi connectivity index (χ3v) is 3.63. The van der Waals surface area contributed by atoms with Crippen molar-refractivity contribution >= 4 is 29.2 Å². The summed E-state index contributed by atoms with van der Waals surface area (Å²) in [5.41, 5.74) is 0.202. The van der Waals surface area contributed by atoms with Crippen molar-refractivity contribution in [2.75, 3.05) is 18.6 Å². The normalized spacial score (nSPS) is 22.5. The molecule has 3 rings (SSSR count). The average molecular weight is 318 g/mol. The van der Waals surface area contributed by atoms with E-state index in [0.717, 1.165) is 4.90 Å². The standard InChI is InChI=1S/C15H14N2O6/c1-3-22-15(20)11-10-12(23-16-11)14(19)17(13(10)18)8-4-6-9(21-2)7-5-8/h4-7,10,12H,3H2,1-2H3/t10-,12+/m1/s1. The number of benzene rings is 1. The van der Waals surface area contributed by atoms with Crippen LogP contribution >= 0.6 is 0 Å². The smallest absolute Gasteiger partial charge is 0.357 e. The van der Waals surface area contributed by atoms with Gasteiger partial charge in [-0.25, -0.2) is 9.69 Å². The summed E-state index contributed by atoms with van der Waals surface area (Å²) in [5.74, 6) is -2.35. The first-order chi connectivity index (χ1) is 11.1. The second kappa shape index (κ2) is 5.71. The fourth-order valence-corrected chi connectivity index (χ4v) is 2.54. The number of nitrogens with zero attached hydrogens (tertiary/aromatic N) is 2. The quantitative estimate of drug-likeness (QED) is 0.593. The van der Waals surface area contributed by atoms with Crippen LogP contribution in [0.25, 0.3) is 0 Å². The molecule has 0 aromatic heterocycles. The van der Waals surface area contributed by atoms with Crippen LogP contribution in [0.1, 0.15) is 6.92 Å². The van der Waals surface area contributed by atoms with Crippen molar-refractivity contribution in [1.29, 1.82) is 0 Å². The lowest BCUT2D eigenvalue weighted by atomic mass is 10.00. The second-order valence-corrected chi connectivity index (χ2v) is 4.91. The molecule has 1 fully saturated rings. The van der Waals surface area contributed by atoms with Crippen LogP contribution in [0.4, 0.5) is 5.69 Å². The molecule has 0 saturated carbocycles. The number of anilines is 1. The van der Waals surface area contributed by atoms with Gasteiger partial charge < -0.3 is 14.3 Å². The lowest BCUT2D eigenvalue weighted by Crippen LogP contribution is -2.34. The van der Waals surface area contributed by atoms with Gasteiger partial charge in [0.1, 0.15) is 11.7 Å². The number of amides is 2. The van der Waals surface area contributed by atoms with Crippen molar-refractivity contribution in [3.63, 3.8) is 0 Å². The van der Waals surface area contributed by atoms with E-state index in [4.69, 9.17) is 14.3 Å². The molecule has 0 radical (unpaired) electrons. The molecule has 2 heterocycles. The van der Waals surface area contributed by atoms with Crippen LogP contribution in [-0.4, -0.2) is 43.3 Å². The van der Waals surface area contributed by atoms with E-state index in [-0.39, 0.29) is 12.3 Å². The molecule has 8 heteroatoms. The lowest BCUT2D eigenvalue weighted by molar-refractivity contribution is -0.136. The zero-order valence-corrected chi connectivity index (χ0v) is 12.5. The average Bonchev–Trinajstić information content (AvgIpc) is 3.09. The van der Waals surface area contributed by atoms with Gasteiger partial charge in [-0.15, -0.1) is 0 Å². The van der Waals surface area contributed by atoms with Crippen LogP contribution in [0.15, 0.2) is 29.4 Å². The Morgan fingerprint density at radius 3 is 2.57 bits per heavy atom. The Bertz CT molecular complexity index is 696. The maximum atomic E-state index is 12.6. The summed E-state index contributed by atoms with van der Waals surface area (Å²) in [7, 11) is 1.52. The summed E-state index contributed by atoms with van der Waals surface area (Å²) < 4.78 is 9.88. The van der Waals surface area contributed by atoms with Crippen LogP contribution in [-0.2, 0) is 24.0 Å². The number of hydrogen-bond acceptors (Lipinski definition) is 7. The summed E-state index contributed by atoms with van der Waals surface area (Å²) in [5, 5.41) is 3.55. The Kier molecular flexibility index (Phi) is 3.73. The monoisotopic (exact) mass is 318 g/mol. The molecule has 2 aliphatic heterocycles. The van der Waals surface area contributed by atoms with Crippen molar-refractivity contribution in [2.24, 2.45) is 11.1 Å². The number of esters is 1. The molecule has 0 N–H and O–H groups in total. The highest BCUT2D eigenvalue weighted by atomic mass is 16.7. The lowest BCUT2D eigenvalue weighted by Gasteiger charge is -2.15.